The first kappa shape index (κ1) is 15.1. The quantitative estimate of drug-likeness (QED) is 0.805. The zero-order chi connectivity index (χ0) is 13.9. The minimum atomic E-state index is -4.10. The maximum Gasteiger partial charge on any atom is 0.401 e. The standard InChI is InChI=1S/C13H23F3N2O/c1-17-8-12(4-6-19-7-5-12)9-18(11-2-3-11)10-13(14,15)16/h11,17H,2-10H2,1H3. The predicted octanol–water partition coefficient (Wildman–Crippen LogP) is 2.03. The lowest BCUT2D eigenvalue weighted by atomic mass is 9.79. The van der Waals surface area contributed by atoms with Crippen molar-refractivity contribution in [1.29, 1.82) is 0 Å². The molecule has 0 aromatic rings. The zero-order valence-electron chi connectivity index (χ0n) is 11.4. The van der Waals surface area contributed by atoms with E-state index in [-0.39, 0.29) is 11.5 Å². The molecule has 2 aliphatic rings. The van der Waals surface area contributed by atoms with Gasteiger partial charge in [0.05, 0.1) is 6.54 Å². The Balaban J connectivity index is 2.00. The lowest BCUT2D eigenvalue weighted by Crippen LogP contribution is -2.49. The van der Waals surface area contributed by atoms with Crippen LogP contribution in [0.5, 0.6) is 0 Å². The average Bonchev–Trinajstić information content (AvgIpc) is 3.11. The molecule has 112 valence electrons. The van der Waals surface area contributed by atoms with Gasteiger partial charge in [-0.05, 0) is 38.1 Å². The molecule has 0 bridgehead atoms. The number of hydrogen-bond donors (Lipinski definition) is 1. The highest BCUT2D eigenvalue weighted by Gasteiger charge is 2.42. The Morgan fingerprint density at radius 1 is 1.26 bits per heavy atom. The third-order valence-corrected chi connectivity index (χ3v) is 4.09. The molecule has 1 saturated carbocycles. The van der Waals surface area contributed by atoms with Gasteiger partial charge in [0, 0.05) is 32.3 Å². The molecule has 6 heteroatoms. The van der Waals surface area contributed by atoms with Gasteiger partial charge in [-0.3, -0.25) is 4.90 Å². The molecule has 1 aliphatic heterocycles. The third kappa shape index (κ3) is 4.61. The van der Waals surface area contributed by atoms with Crippen LogP contribution in [0.3, 0.4) is 0 Å². The van der Waals surface area contributed by atoms with Crippen LogP contribution in [0.15, 0.2) is 0 Å². The molecular formula is C13H23F3N2O. The van der Waals surface area contributed by atoms with Gasteiger partial charge in [0.1, 0.15) is 0 Å². The molecule has 0 amide bonds. The number of alkyl halides is 3. The molecule has 19 heavy (non-hydrogen) atoms. The van der Waals surface area contributed by atoms with Crippen molar-refractivity contribution in [3.05, 3.63) is 0 Å². The van der Waals surface area contributed by atoms with E-state index in [0.29, 0.717) is 19.8 Å². The fourth-order valence-corrected chi connectivity index (χ4v) is 2.99. The summed E-state index contributed by atoms with van der Waals surface area (Å²) in [5, 5.41) is 3.14. The van der Waals surface area contributed by atoms with E-state index in [4.69, 9.17) is 4.74 Å². The van der Waals surface area contributed by atoms with Gasteiger partial charge in [-0.1, -0.05) is 0 Å². The van der Waals surface area contributed by atoms with Crippen molar-refractivity contribution >= 4 is 0 Å². The zero-order valence-corrected chi connectivity index (χ0v) is 11.4. The summed E-state index contributed by atoms with van der Waals surface area (Å²) in [6.45, 7) is 1.83. The summed E-state index contributed by atoms with van der Waals surface area (Å²) in [5.74, 6) is 0. The first-order chi connectivity index (χ1) is 8.94. The van der Waals surface area contributed by atoms with Crippen LogP contribution in [0.4, 0.5) is 13.2 Å². The molecule has 0 unspecified atom stereocenters. The Hall–Kier alpha value is -0.330. The molecule has 1 aliphatic carbocycles. The Kier molecular flexibility index (Phi) is 4.74. The van der Waals surface area contributed by atoms with E-state index in [1.54, 1.807) is 4.90 Å². The van der Waals surface area contributed by atoms with Crippen LogP contribution in [0, 0.1) is 5.41 Å². The van der Waals surface area contributed by atoms with Gasteiger partial charge >= 0.3 is 6.18 Å². The number of rotatable bonds is 6. The first-order valence-electron chi connectivity index (χ1n) is 6.97. The van der Waals surface area contributed by atoms with Crippen molar-refractivity contribution < 1.29 is 17.9 Å². The van der Waals surface area contributed by atoms with Gasteiger partial charge < -0.3 is 10.1 Å². The van der Waals surface area contributed by atoms with Gasteiger partial charge in [-0.25, -0.2) is 0 Å². The molecule has 1 N–H and O–H groups in total. The van der Waals surface area contributed by atoms with Crippen molar-refractivity contribution in [2.24, 2.45) is 5.41 Å². The molecule has 2 fully saturated rings. The maximum absolute atomic E-state index is 12.7. The number of halogens is 3. The van der Waals surface area contributed by atoms with E-state index >= 15 is 0 Å². The molecule has 1 saturated heterocycles. The van der Waals surface area contributed by atoms with Crippen molar-refractivity contribution in [3.8, 4) is 0 Å². The Morgan fingerprint density at radius 3 is 2.37 bits per heavy atom. The summed E-state index contributed by atoms with van der Waals surface area (Å²) >= 11 is 0. The van der Waals surface area contributed by atoms with E-state index in [1.807, 2.05) is 7.05 Å². The van der Waals surface area contributed by atoms with Crippen LogP contribution < -0.4 is 5.32 Å². The van der Waals surface area contributed by atoms with Crippen LogP contribution in [0.2, 0.25) is 0 Å². The molecule has 0 spiro atoms. The highest BCUT2D eigenvalue weighted by Crippen LogP contribution is 2.37. The number of hydrogen-bond acceptors (Lipinski definition) is 3. The van der Waals surface area contributed by atoms with Gasteiger partial charge in [0.15, 0.2) is 0 Å². The molecule has 0 aromatic heterocycles. The van der Waals surface area contributed by atoms with Crippen LogP contribution >= 0.6 is 0 Å². The SMILES string of the molecule is CNCC1(CN(CC(F)(F)F)C2CC2)CCOCC1. The van der Waals surface area contributed by atoms with E-state index < -0.39 is 12.7 Å². The summed E-state index contributed by atoms with van der Waals surface area (Å²) in [5.41, 5.74) is -0.0686. The molecule has 2 rings (SSSR count). The largest absolute Gasteiger partial charge is 0.401 e. The van der Waals surface area contributed by atoms with E-state index in [0.717, 1.165) is 32.2 Å². The van der Waals surface area contributed by atoms with Crippen LogP contribution in [-0.2, 0) is 4.74 Å². The van der Waals surface area contributed by atoms with Crippen molar-refractivity contribution in [2.45, 2.75) is 37.9 Å². The molecule has 1 heterocycles. The van der Waals surface area contributed by atoms with Gasteiger partial charge in [-0.2, -0.15) is 13.2 Å². The van der Waals surface area contributed by atoms with Crippen LogP contribution in [0.25, 0.3) is 0 Å². The summed E-state index contributed by atoms with van der Waals surface area (Å²) in [4.78, 5) is 1.64. The monoisotopic (exact) mass is 280 g/mol. The fraction of sp³-hybridized carbons (Fsp3) is 1.00. The van der Waals surface area contributed by atoms with E-state index in [1.165, 1.54) is 0 Å². The first-order valence-corrected chi connectivity index (χ1v) is 6.97. The highest BCUT2D eigenvalue weighted by molar-refractivity contribution is 4.93. The Bertz CT molecular complexity index is 281. The predicted molar refractivity (Wildman–Crippen MR) is 67.1 cm³/mol. The number of nitrogens with one attached hydrogen (secondary N) is 1. The molecule has 0 atom stereocenters. The summed E-state index contributed by atoms with van der Waals surface area (Å²) in [6, 6.07) is 0.137. The fourth-order valence-electron chi connectivity index (χ4n) is 2.99. The molecule has 0 aromatic carbocycles. The van der Waals surface area contributed by atoms with E-state index in [9.17, 15) is 13.2 Å². The maximum atomic E-state index is 12.7. The van der Waals surface area contributed by atoms with Crippen molar-refractivity contribution in [2.75, 3.05) is 39.9 Å². The molecule has 0 radical (unpaired) electrons. The third-order valence-electron chi connectivity index (χ3n) is 4.09. The minimum absolute atomic E-state index is 0.0686. The number of ether oxygens (including phenoxy) is 1. The Labute approximate surface area is 112 Å². The summed E-state index contributed by atoms with van der Waals surface area (Å²) < 4.78 is 43.4. The van der Waals surface area contributed by atoms with Crippen LogP contribution in [0.1, 0.15) is 25.7 Å². The van der Waals surface area contributed by atoms with Crippen LogP contribution in [-0.4, -0.2) is 57.0 Å². The van der Waals surface area contributed by atoms with Gasteiger partial charge in [-0.15, -0.1) is 0 Å². The Morgan fingerprint density at radius 2 is 1.89 bits per heavy atom. The second kappa shape index (κ2) is 5.97. The minimum Gasteiger partial charge on any atom is -0.381 e. The number of nitrogens with zero attached hydrogens (tertiary/aromatic N) is 1. The normalized spacial score (nSPS) is 23.8. The lowest BCUT2D eigenvalue weighted by Gasteiger charge is -2.41. The van der Waals surface area contributed by atoms with Gasteiger partial charge in [0.2, 0.25) is 0 Å². The average molecular weight is 280 g/mol. The summed E-state index contributed by atoms with van der Waals surface area (Å²) in [7, 11) is 1.86. The lowest BCUT2D eigenvalue weighted by molar-refractivity contribution is -0.152. The second-order valence-electron chi connectivity index (χ2n) is 5.89. The molecule has 3 nitrogen and oxygen atoms in total. The highest BCUT2D eigenvalue weighted by atomic mass is 19.4. The van der Waals surface area contributed by atoms with Crippen molar-refractivity contribution in [3.63, 3.8) is 0 Å². The summed E-state index contributed by atoms with van der Waals surface area (Å²) in [6.07, 6.45) is -0.608. The topological polar surface area (TPSA) is 24.5 Å². The van der Waals surface area contributed by atoms with Crippen molar-refractivity contribution in [1.82, 2.24) is 10.2 Å². The van der Waals surface area contributed by atoms with E-state index in [2.05, 4.69) is 5.32 Å². The smallest absolute Gasteiger partial charge is 0.381 e. The van der Waals surface area contributed by atoms with Gasteiger partial charge in [0.25, 0.3) is 0 Å². The molecular weight excluding hydrogens is 257 g/mol. The second-order valence-corrected chi connectivity index (χ2v) is 5.89.